The van der Waals surface area contributed by atoms with Gasteiger partial charge in [0.05, 0.1) is 6.20 Å². The van der Waals surface area contributed by atoms with Crippen molar-refractivity contribution in [3.63, 3.8) is 0 Å². The molecule has 0 spiro atoms. The quantitative estimate of drug-likeness (QED) is 0.742. The molecular formula is C12H8Br3N3O. The van der Waals surface area contributed by atoms with Gasteiger partial charge >= 0.3 is 0 Å². The Labute approximate surface area is 135 Å². The summed E-state index contributed by atoms with van der Waals surface area (Å²) < 4.78 is 1.93. The summed E-state index contributed by atoms with van der Waals surface area (Å²) >= 11 is 9.82. The number of hydrogen-bond donors (Lipinski definition) is 1. The molecule has 2 aromatic rings. The predicted molar refractivity (Wildman–Crippen MR) is 84.3 cm³/mol. The molecule has 98 valence electrons. The van der Waals surface area contributed by atoms with Crippen molar-refractivity contribution in [2.45, 2.75) is 6.92 Å². The normalized spacial score (nSPS) is 10.3. The van der Waals surface area contributed by atoms with Crippen LogP contribution in [0.1, 0.15) is 15.9 Å². The first kappa shape index (κ1) is 14.6. The maximum absolute atomic E-state index is 12.1. The van der Waals surface area contributed by atoms with E-state index < -0.39 is 0 Å². The predicted octanol–water partition coefficient (Wildman–Crippen LogP) is 4.32. The molecule has 0 unspecified atom stereocenters. The monoisotopic (exact) mass is 447 g/mol. The Bertz CT molecular complexity index is 626. The molecule has 1 aromatic carbocycles. The average Bonchev–Trinajstić information content (AvgIpc) is 2.31. The summed E-state index contributed by atoms with van der Waals surface area (Å²) in [5, 5.41) is 2.71. The van der Waals surface area contributed by atoms with Gasteiger partial charge in [0.25, 0.3) is 5.91 Å². The highest BCUT2D eigenvalue weighted by Crippen LogP contribution is 2.21. The number of aryl methyl sites for hydroxylation is 1. The number of hydrogen-bond acceptors (Lipinski definition) is 3. The van der Waals surface area contributed by atoms with E-state index in [1.165, 1.54) is 6.20 Å². The second-order valence-electron chi connectivity index (χ2n) is 3.80. The minimum absolute atomic E-state index is 0.235. The summed E-state index contributed by atoms with van der Waals surface area (Å²) in [6, 6.07) is 5.49. The van der Waals surface area contributed by atoms with Gasteiger partial charge in [-0.2, -0.15) is 0 Å². The standard InChI is InChI=1S/C12H8Br3N3O/c1-6-2-7(4-8(13)3-6)12(19)18-11-10(15)17-9(14)5-16-11/h2-5H,1H3,(H,16,18,19). The SMILES string of the molecule is Cc1cc(Br)cc(C(=O)Nc2ncc(Br)nc2Br)c1. The van der Waals surface area contributed by atoms with Gasteiger partial charge in [-0.3, -0.25) is 4.79 Å². The minimum Gasteiger partial charge on any atom is -0.304 e. The van der Waals surface area contributed by atoms with Crippen molar-refractivity contribution in [1.82, 2.24) is 9.97 Å². The third kappa shape index (κ3) is 3.84. The molecule has 0 saturated carbocycles. The Morgan fingerprint density at radius 3 is 2.58 bits per heavy atom. The van der Waals surface area contributed by atoms with Crippen molar-refractivity contribution in [2.24, 2.45) is 0 Å². The summed E-state index contributed by atoms with van der Waals surface area (Å²) in [6.45, 7) is 1.93. The summed E-state index contributed by atoms with van der Waals surface area (Å²) in [6.07, 6.45) is 1.52. The van der Waals surface area contributed by atoms with Crippen molar-refractivity contribution < 1.29 is 4.79 Å². The largest absolute Gasteiger partial charge is 0.304 e. The molecule has 0 radical (unpaired) electrons. The third-order valence-electron chi connectivity index (χ3n) is 2.24. The first-order chi connectivity index (χ1) is 8.95. The zero-order valence-corrected chi connectivity index (χ0v) is 14.5. The van der Waals surface area contributed by atoms with Crippen LogP contribution in [0.5, 0.6) is 0 Å². The molecule has 0 aliphatic heterocycles. The van der Waals surface area contributed by atoms with Gasteiger partial charge in [-0.05, 0) is 62.5 Å². The van der Waals surface area contributed by atoms with E-state index in [9.17, 15) is 4.79 Å². The van der Waals surface area contributed by atoms with Crippen molar-refractivity contribution in [3.05, 3.63) is 49.2 Å². The second-order valence-corrected chi connectivity index (χ2v) is 6.28. The molecule has 2 rings (SSSR count). The van der Waals surface area contributed by atoms with Crippen LogP contribution in [0.2, 0.25) is 0 Å². The molecule has 1 N–H and O–H groups in total. The molecular weight excluding hydrogens is 442 g/mol. The maximum atomic E-state index is 12.1. The molecule has 7 heteroatoms. The molecule has 1 heterocycles. The lowest BCUT2D eigenvalue weighted by Crippen LogP contribution is -2.14. The van der Waals surface area contributed by atoms with Gasteiger partial charge in [0.2, 0.25) is 0 Å². The van der Waals surface area contributed by atoms with E-state index >= 15 is 0 Å². The number of carbonyl (C=O) groups excluding carboxylic acids is 1. The molecule has 0 fully saturated rings. The Morgan fingerprint density at radius 2 is 1.95 bits per heavy atom. The highest BCUT2D eigenvalue weighted by molar-refractivity contribution is 9.11. The summed E-state index contributed by atoms with van der Waals surface area (Å²) in [5.74, 6) is 0.146. The van der Waals surface area contributed by atoms with Crippen LogP contribution >= 0.6 is 47.8 Å². The van der Waals surface area contributed by atoms with Crippen LogP contribution in [0.4, 0.5) is 5.82 Å². The Hall–Kier alpha value is -0.790. The number of benzene rings is 1. The van der Waals surface area contributed by atoms with Crippen molar-refractivity contribution in [1.29, 1.82) is 0 Å². The molecule has 0 saturated heterocycles. The molecule has 0 aliphatic carbocycles. The van der Waals surface area contributed by atoms with E-state index in [0.717, 1.165) is 10.0 Å². The fourth-order valence-corrected chi connectivity index (χ4v) is 3.00. The number of nitrogens with zero attached hydrogens (tertiary/aromatic N) is 2. The minimum atomic E-state index is -0.235. The molecule has 1 aromatic heterocycles. The van der Waals surface area contributed by atoms with Crippen molar-refractivity contribution in [3.8, 4) is 0 Å². The van der Waals surface area contributed by atoms with E-state index in [4.69, 9.17) is 0 Å². The fraction of sp³-hybridized carbons (Fsp3) is 0.0833. The molecule has 1 amide bonds. The van der Waals surface area contributed by atoms with Gasteiger partial charge in [-0.15, -0.1) is 0 Å². The van der Waals surface area contributed by atoms with Gasteiger partial charge in [0.1, 0.15) is 9.21 Å². The fourth-order valence-electron chi connectivity index (χ4n) is 1.48. The molecule has 4 nitrogen and oxygen atoms in total. The smallest absolute Gasteiger partial charge is 0.256 e. The lowest BCUT2D eigenvalue weighted by molar-refractivity contribution is 0.102. The lowest BCUT2D eigenvalue weighted by atomic mass is 10.1. The molecule has 0 atom stereocenters. The van der Waals surface area contributed by atoms with Crippen molar-refractivity contribution in [2.75, 3.05) is 5.32 Å². The van der Waals surface area contributed by atoms with E-state index in [1.54, 1.807) is 12.1 Å². The van der Waals surface area contributed by atoms with Crippen LogP contribution < -0.4 is 5.32 Å². The number of rotatable bonds is 2. The Morgan fingerprint density at radius 1 is 1.21 bits per heavy atom. The zero-order valence-electron chi connectivity index (χ0n) is 9.75. The van der Waals surface area contributed by atoms with E-state index in [2.05, 4.69) is 63.1 Å². The number of amides is 1. The van der Waals surface area contributed by atoms with E-state index in [-0.39, 0.29) is 5.91 Å². The number of aromatic nitrogens is 2. The lowest BCUT2D eigenvalue weighted by Gasteiger charge is -2.07. The van der Waals surface area contributed by atoms with Crippen molar-refractivity contribution >= 4 is 59.5 Å². The first-order valence-corrected chi connectivity index (χ1v) is 7.60. The number of nitrogens with one attached hydrogen (secondary N) is 1. The number of anilines is 1. The van der Waals surface area contributed by atoms with Gasteiger partial charge in [-0.25, -0.2) is 9.97 Å². The van der Waals surface area contributed by atoms with Crippen LogP contribution in [0, 0.1) is 6.92 Å². The highest BCUT2D eigenvalue weighted by Gasteiger charge is 2.11. The van der Waals surface area contributed by atoms with Crippen LogP contribution in [0.3, 0.4) is 0 Å². The maximum Gasteiger partial charge on any atom is 0.256 e. The van der Waals surface area contributed by atoms with Gasteiger partial charge < -0.3 is 5.32 Å². The van der Waals surface area contributed by atoms with Gasteiger partial charge in [0, 0.05) is 10.0 Å². The Balaban J connectivity index is 2.25. The van der Waals surface area contributed by atoms with Crippen LogP contribution in [0.15, 0.2) is 38.1 Å². The molecule has 19 heavy (non-hydrogen) atoms. The first-order valence-electron chi connectivity index (χ1n) is 5.22. The van der Waals surface area contributed by atoms with E-state index in [0.29, 0.717) is 20.6 Å². The number of halogens is 3. The van der Waals surface area contributed by atoms with Crippen LogP contribution in [-0.2, 0) is 0 Å². The average molecular weight is 450 g/mol. The second kappa shape index (κ2) is 6.11. The summed E-state index contributed by atoms with van der Waals surface area (Å²) in [7, 11) is 0. The topological polar surface area (TPSA) is 54.9 Å². The number of carbonyl (C=O) groups is 1. The van der Waals surface area contributed by atoms with E-state index in [1.807, 2.05) is 13.0 Å². The molecule has 0 bridgehead atoms. The highest BCUT2D eigenvalue weighted by atomic mass is 79.9. The summed E-state index contributed by atoms with van der Waals surface area (Å²) in [4.78, 5) is 20.3. The van der Waals surface area contributed by atoms with Gasteiger partial charge in [-0.1, -0.05) is 15.9 Å². The molecule has 0 aliphatic rings. The Kier molecular flexibility index (Phi) is 4.70. The third-order valence-corrected chi connectivity index (χ3v) is 3.63. The zero-order chi connectivity index (χ0) is 14.0. The summed E-state index contributed by atoms with van der Waals surface area (Å²) in [5.41, 5.74) is 1.56. The van der Waals surface area contributed by atoms with Crippen LogP contribution in [0.25, 0.3) is 0 Å². The van der Waals surface area contributed by atoms with Gasteiger partial charge in [0.15, 0.2) is 5.82 Å². The van der Waals surface area contributed by atoms with Crippen LogP contribution in [-0.4, -0.2) is 15.9 Å².